The van der Waals surface area contributed by atoms with Gasteiger partial charge in [0.05, 0.1) is 11.3 Å². The van der Waals surface area contributed by atoms with Crippen LogP contribution in [-0.4, -0.2) is 17.0 Å². The van der Waals surface area contributed by atoms with Gasteiger partial charge >= 0.3 is 5.97 Å². The minimum Gasteiger partial charge on any atom is -0.478 e. The average molecular weight is 253 g/mol. The number of carbonyl (C=O) groups excluding carboxylic acids is 1. The van der Waals surface area contributed by atoms with E-state index in [1.165, 1.54) is 0 Å². The smallest absolute Gasteiger partial charge is 0.335 e. The number of carbonyl (C=O) groups is 2. The second-order valence-electron chi connectivity index (χ2n) is 5.29. The number of nitrogens with one attached hydrogen (secondary N) is 1. The van der Waals surface area contributed by atoms with Gasteiger partial charge in [0.2, 0.25) is 5.91 Å². The number of hydrogen-bond donors (Lipinski definition) is 2. The monoisotopic (exact) mass is 253 g/mol. The first-order valence-electron chi connectivity index (χ1n) is 5.52. The standard InChI is InChI=1S/C13H16FNO3/c1-13(2,3)7-11(16)15-10-6-8(12(17)18)4-5-9(10)14/h4-6H,7H2,1-3H3,(H,15,16)(H,17,18). The van der Waals surface area contributed by atoms with Gasteiger partial charge in [-0.3, -0.25) is 4.79 Å². The van der Waals surface area contributed by atoms with Gasteiger partial charge < -0.3 is 10.4 Å². The van der Waals surface area contributed by atoms with Gasteiger partial charge in [-0.05, 0) is 23.6 Å². The lowest BCUT2D eigenvalue weighted by Crippen LogP contribution is -2.20. The SMILES string of the molecule is CC(C)(C)CC(=O)Nc1cc(C(=O)O)ccc1F. The Bertz CT molecular complexity index is 478. The fourth-order valence-electron chi connectivity index (χ4n) is 1.43. The summed E-state index contributed by atoms with van der Waals surface area (Å²) >= 11 is 0. The fraction of sp³-hybridized carbons (Fsp3) is 0.385. The van der Waals surface area contributed by atoms with Crippen LogP contribution in [0.3, 0.4) is 0 Å². The van der Waals surface area contributed by atoms with E-state index in [-0.39, 0.29) is 29.0 Å². The lowest BCUT2D eigenvalue weighted by atomic mass is 9.92. The van der Waals surface area contributed by atoms with Crippen LogP contribution in [0, 0.1) is 11.2 Å². The summed E-state index contributed by atoms with van der Waals surface area (Å²) < 4.78 is 13.4. The molecule has 0 spiro atoms. The summed E-state index contributed by atoms with van der Waals surface area (Å²) in [5.74, 6) is -2.16. The first-order valence-corrected chi connectivity index (χ1v) is 5.52. The first-order chi connectivity index (χ1) is 8.19. The number of hydrogen-bond acceptors (Lipinski definition) is 2. The third-order valence-electron chi connectivity index (χ3n) is 2.18. The van der Waals surface area contributed by atoms with Crippen LogP contribution in [-0.2, 0) is 4.79 Å². The number of rotatable bonds is 3. The summed E-state index contributed by atoms with van der Waals surface area (Å²) in [4.78, 5) is 22.4. The fourth-order valence-corrected chi connectivity index (χ4v) is 1.43. The maximum atomic E-state index is 13.4. The number of benzene rings is 1. The zero-order valence-corrected chi connectivity index (χ0v) is 10.6. The Morgan fingerprint density at radius 2 is 1.94 bits per heavy atom. The molecule has 0 saturated carbocycles. The molecular weight excluding hydrogens is 237 g/mol. The van der Waals surface area contributed by atoms with E-state index in [9.17, 15) is 14.0 Å². The molecule has 0 unspecified atom stereocenters. The number of amides is 1. The Balaban J connectivity index is 2.87. The third kappa shape index (κ3) is 4.16. The molecule has 1 rings (SSSR count). The van der Waals surface area contributed by atoms with Gasteiger partial charge in [0.25, 0.3) is 0 Å². The second-order valence-corrected chi connectivity index (χ2v) is 5.29. The Labute approximate surface area is 105 Å². The predicted octanol–water partition coefficient (Wildman–Crippen LogP) is 2.90. The van der Waals surface area contributed by atoms with E-state index < -0.39 is 11.8 Å². The molecule has 98 valence electrons. The normalized spacial score (nSPS) is 11.1. The maximum Gasteiger partial charge on any atom is 0.335 e. The van der Waals surface area contributed by atoms with Crippen LogP contribution in [0.2, 0.25) is 0 Å². The topological polar surface area (TPSA) is 66.4 Å². The first kappa shape index (κ1) is 14.2. The number of carboxylic acids is 1. The van der Waals surface area contributed by atoms with Crippen molar-refractivity contribution in [2.45, 2.75) is 27.2 Å². The number of aromatic carboxylic acids is 1. The highest BCUT2D eigenvalue weighted by Gasteiger charge is 2.17. The van der Waals surface area contributed by atoms with Crippen LogP contribution < -0.4 is 5.32 Å². The van der Waals surface area contributed by atoms with Crippen LogP contribution in [0.5, 0.6) is 0 Å². The van der Waals surface area contributed by atoms with Crippen molar-refractivity contribution in [1.82, 2.24) is 0 Å². The van der Waals surface area contributed by atoms with E-state index in [1.807, 2.05) is 20.8 Å². The van der Waals surface area contributed by atoms with E-state index in [0.29, 0.717) is 0 Å². The summed E-state index contributed by atoms with van der Waals surface area (Å²) in [6.45, 7) is 5.66. The highest BCUT2D eigenvalue weighted by molar-refractivity contribution is 5.94. The van der Waals surface area contributed by atoms with Crippen LogP contribution in [0.15, 0.2) is 18.2 Å². The highest BCUT2D eigenvalue weighted by Crippen LogP contribution is 2.21. The summed E-state index contributed by atoms with van der Waals surface area (Å²) in [5, 5.41) is 11.2. The van der Waals surface area contributed by atoms with Gasteiger partial charge in [-0.2, -0.15) is 0 Å². The lowest BCUT2D eigenvalue weighted by Gasteiger charge is -2.17. The van der Waals surface area contributed by atoms with Crippen LogP contribution in [0.4, 0.5) is 10.1 Å². The lowest BCUT2D eigenvalue weighted by molar-refractivity contribution is -0.117. The number of carboxylic acid groups (broad SMARTS) is 1. The molecule has 0 saturated heterocycles. The third-order valence-corrected chi connectivity index (χ3v) is 2.18. The van der Waals surface area contributed by atoms with Gasteiger partial charge in [-0.15, -0.1) is 0 Å². The molecule has 0 atom stereocenters. The van der Waals surface area contributed by atoms with Gasteiger partial charge in [0.15, 0.2) is 0 Å². The van der Waals surface area contributed by atoms with E-state index >= 15 is 0 Å². The summed E-state index contributed by atoms with van der Waals surface area (Å²) in [6, 6.07) is 3.28. The van der Waals surface area contributed by atoms with Gasteiger partial charge in [0.1, 0.15) is 5.82 Å². The van der Waals surface area contributed by atoms with Crippen molar-refractivity contribution in [2.24, 2.45) is 5.41 Å². The summed E-state index contributed by atoms with van der Waals surface area (Å²) in [5.41, 5.74) is -0.392. The van der Waals surface area contributed by atoms with Crippen LogP contribution in [0.25, 0.3) is 0 Å². The molecule has 1 aromatic carbocycles. The molecule has 1 aromatic rings. The molecule has 18 heavy (non-hydrogen) atoms. The van der Waals surface area contributed by atoms with Crippen LogP contribution in [0.1, 0.15) is 37.6 Å². The molecule has 0 fully saturated rings. The van der Waals surface area contributed by atoms with E-state index in [4.69, 9.17) is 5.11 Å². The molecule has 4 nitrogen and oxygen atoms in total. The molecule has 2 N–H and O–H groups in total. The van der Waals surface area contributed by atoms with Gasteiger partial charge in [-0.1, -0.05) is 20.8 Å². The van der Waals surface area contributed by atoms with Crippen molar-refractivity contribution >= 4 is 17.6 Å². The summed E-state index contributed by atoms with van der Waals surface area (Å²) in [7, 11) is 0. The molecule has 0 heterocycles. The highest BCUT2D eigenvalue weighted by atomic mass is 19.1. The Morgan fingerprint density at radius 1 is 1.33 bits per heavy atom. The van der Waals surface area contributed by atoms with Crippen molar-refractivity contribution in [1.29, 1.82) is 0 Å². The molecule has 5 heteroatoms. The van der Waals surface area contributed by atoms with Crippen molar-refractivity contribution < 1.29 is 19.1 Å². The van der Waals surface area contributed by atoms with E-state index in [1.54, 1.807) is 0 Å². The van der Waals surface area contributed by atoms with Crippen LogP contribution >= 0.6 is 0 Å². The van der Waals surface area contributed by atoms with Crippen molar-refractivity contribution in [3.63, 3.8) is 0 Å². The minimum atomic E-state index is -1.17. The molecule has 0 aliphatic heterocycles. The Hall–Kier alpha value is -1.91. The van der Waals surface area contributed by atoms with Crippen molar-refractivity contribution in [3.8, 4) is 0 Å². The van der Waals surface area contributed by atoms with Crippen molar-refractivity contribution in [2.75, 3.05) is 5.32 Å². The van der Waals surface area contributed by atoms with E-state index in [2.05, 4.69) is 5.32 Å². The largest absolute Gasteiger partial charge is 0.478 e. The predicted molar refractivity (Wildman–Crippen MR) is 66.1 cm³/mol. The number of anilines is 1. The maximum absolute atomic E-state index is 13.4. The molecule has 0 aromatic heterocycles. The molecule has 0 aliphatic rings. The summed E-state index contributed by atoms with van der Waals surface area (Å²) in [6.07, 6.45) is 0.226. The average Bonchev–Trinajstić information content (AvgIpc) is 2.18. The zero-order valence-electron chi connectivity index (χ0n) is 10.6. The zero-order chi connectivity index (χ0) is 13.9. The quantitative estimate of drug-likeness (QED) is 0.870. The number of halogens is 1. The van der Waals surface area contributed by atoms with Gasteiger partial charge in [-0.25, -0.2) is 9.18 Å². The Kier molecular flexibility index (Phi) is 4.06. The molecule has 0 radical (unpaired) electrons. The molecular formula is C13H16FNO3. The van der Waals surface area contributed by atoms with Gasteiger partial charge in [0, 0.05) is 6.42 Å². The molecule has 0 aliphatic carbocycles. The molecule has 0 bridgehead atoms. The van der Waals surface area contributed by atoms with Crippen molar-refractivity contribution in [3.05, 3.63) is 29.6 Å². The van der Waals surface area contributed by atoms with E-state index in [0.717, 1.165) is 18.2 Å². The second kappa shape index (κ2) is 5.16. The Morgan fingerprint density at radius 3 is 2.44 bits per heavy atom. The molecule has 1 amide bonds. The minimum absolute atomic E-state index is 0.0672.